The number of rotatable bonds is 6. The van der Waals surface area contributed by atoms with E-state index >= 15 is 0 Å². The van der Waals surface area contributed by atoms with Gasteiger partial charge in [-0.15, -0.1) is 0 Å². The molecule has 0 radical (unpaired) electrons. The standard InChI is InChI=1S/C15H25N/c1-5-15(4,6-2)16-12-13(3)14-10-8-7-9-11-14/h7-11,13,16H,5-6,12H2,1-4H3. The fourth-order valence-electron chi connectivity index (χ4n) is 1.80. The lowest BCUT2D eigenvalue weighted by Gasteiger charge is -2.30. The Bertz CT molecular complexity index is 288. The number of benzene rings is 1. The summed E-state index contributed by atoms with van der Waals surface area (Å²) in [7, 11) is 0. The van der Waals surface area contributed by atoms with Gasteiger partial charge in [-0.3, -0.25) is 0 Å². The molecule has 1 N–H and O–H groups in total. The van der Waals surface area contributed by atoms with Crippen molar-refractivity contribution in [2.45, 2.75) is 52.0 Å². The van der Waals surface area contributed by atoms with Crippen molar-refractivity contribution in [1.82, 2.24) is 5.32 Å². The molecule has 0 bridgehead atoms. The van der Waals surface area contributed by atoms with Crippen LogP contribution < -0.4 is 5.32 Å². The largest absolute Gasteiger partial charge is 0.311 e. The Hall–Kier alpha value is -0.820. The lowest BCUT2D eigenvalue weighted by atomic mass is 9.93. The van der Waals surface area contributed by atoms with Gasteiger partial charge in [-0.25, -0.2) is 0 Å². The number of hydrogen-bond donors (Lipinski definition) is 1. The van der Waals surface area contributed by atoms with E-state index in [-0.39, 0.29) is 0 Å². The van der Waals surface area contributed by atoms with Crippen molar-refractivity contribution in [3.05, 3.63) is 35.9 Å². The van der Waals surface area contributed by atoms with Crippen LogP contribution in [0.5, 0.6) is 0 Å². The van der Waals surface area contributed by atoms with Crippen molar-refractivity contribution >= 4 is 0 Å². The molecule has 0 amide bonds. The smallest absolute Gasteiger partial charge is 0.0148 e. The molecule has 90 valence electrons. The molecule has 0 aliphatic heterocycles. The Labute approximate surface area is 100 Å². The third kappa shape index (κ3) is 3.64. The first kappa shape index (κ1) is 13.2. The molecule has 0 saturated carbocycles. The van der Waals surface area contributed by atoms with Gasteiger partial charge in [0.2, 0.25) is 0 Å². The monoisotopic (exact) mass is 219 g/mol. The van der Waals surface area contributed by atoms with Crippen molar-refractivity contribution in [3.63, 3.8) is 0 Å². The van der Waals surface area contributed by atoms with Crippen LogP contribution >= 0.6 is 0 Å². The molecule has 1 unspecified atom stereocenters. The van der Waals surface area contributed by atoms with Gasteiger partial charge in [0.25, 0.3) is 0 Å². The average Bonchev–Trinajstić information content (AvgIpc) is 2.36. The summed E-state index contributed by atoms with van der Waals surface area (Å²) >= 11 is 0. The van der Waals surface area contributed by atoms with Crippen LogP contribution in [0.15, 0.2) is 30.3 Å². The minimum atomic E-state index is 0.295. The predicted molar refractivity (Wildman–Crippen MR) is 71.8 cm³/mol. The van der Waals surface area contributed by atoms with Gasteiger partial charge in [0.1, 0.15) is 0 Å². The molecule has 1 heteroatoms. The molecular weight excluding hydrogens is 194 g/mol. The summed E-state index contributed by atoms with van der Waals surface area (Å²) in [5.41, 5.74) is 1.72. The van der Waals surface area contributed by atoms with Crippen LogP contribution in [0.3, 0.4) is 0 Å². The second-order valence-corrected chi connectivity index (χ2v) is 4.96. The quantitative estimate of drug-likeness (QED) is 0.763. The fourth-order valence-corrected chi connectivity index (χ4v) is 1.80. The normalized spacial score (nSPS) is 13.8. The SMILES string of the molecule is CCC(C)(CC)NCC(C)c1ccccc1. The van der Waals surface area contributed by atoms with Crippen LogP contribution in [0.2, 0.25) is 0 Å². The maximum atomic E-state index is 3.69. The van der Waals surface area contributed by atoms with Crippen molar-refractivity contribution < 1.29 is 0 Å². The molecule has 0 aliphatic carbocycles. The van der Waals surface area contributed by atoms with Crippen LogP contribution in [0.4, 0.5) is 0 Å². The first-order valence-corrected chi connectivity index (χ1v) is 6.41. The van der Waals surface area contributed by atoms with Crippen molar-refractivity contribution in [2.75, 3.05) is 6.54 Å². The van der Waals surface area contributed by atoms with E-state index in [9.17, 15) is 0 Å². The molecule has 0 fully saturated rings. The zero-order chi connectivity index (χ0) is 12.0. The zero-order valence-electron chi connectivity index (χ0n) is 11.1. The Morgan fingerprint density at radius 2 is 1.69 bits per heavy atom. The molecule has 0 heterocycles. The summed E-state index contributed by atoms with van der Waals surface area (Å²) in [5.74, 6) is 0.582. The third-order valence-electron chi connectivity index (χ3n) is 3.76. The van der Waals surface area contributed by atoms with Gasteiger partial charge in [0, 0.05) is 12.1 Å². The van der Waals surface area contributed by atoms with Crippen molar-refractivity contribution in [1.29, 1.82) is 0 Å². The minimum Gasteiger partial charge on any atom is -0.311 e. The van der Waals surface area contributed by atoms with E-state index in [1.807, 2.05) is 0 Å². The Morgan fingerprint density at radius 3 is 2.19 bits per heavy atom. The second-order valence-electron chi connectivity index (χ2n) is 4.96. The van der Waals surface area contributed by atoms with E-state index < -0.39 is 0 Å². The predicted octanol–water partition coefficient (Wildman–Crippen LogP) is 3.96. The average molecular weight is 219 g/mol. The molecule has 1 nitrogen and oxygen atoms in total. The molecular formula is C15H25N. The van der Waals surface area contributed by atoms with Crippen molar-refractivity contribution in [2.24, 2.45) is 0 Å². The topological polar surface area (TPSA) is 12.0 Å². The highest BCUT2D eigenvalue weighted by molar-refractivity contribution is 5.19. The van der Waals surface area contributed by atoms with E-state index in [0.717, 1.165) is 6.54 Å². The summed E-state index contributed by atoms with van der Waals surface area (Å²) in [5, 5.41) is 3.69. The molecule has 1 atom stereocenters. The van der Waals surface area contributed by atoms with Crippen LogP contribution in [0.25, 0.3) is 0 Å². The van der Waals surface area contributed by atoms with Gasteiger partial charge in [-0.05, 0) is 31.2 Å². The number of nitrogens with one attached hydrogen (secondary N) is 1. The fraction of sp³-hybridized carbons (Fsp3) is 0.600. The highest BCUT2D eigenvalue weighted by atomic mass is 15.0. The molecule has 1 aromatic rings. The highest BCUT2D eigenvalue weighted by Gasteiger charge is 2.19. The lowest BCUT2D eigenvalue weighted by molar-refractivity contribution is 0.325. The molecule has 0 saturated heterocycles. The third-order valence-corrected chi connectivity index (χ3v) is 3.76. The Kier molecular flexibility index (Phi) is 5.01. The molecule has 1 aromatic carbocycles. The lowest BCUT2D eigenvalue weighted by Crippen LogP contribution is -2.42. The van der Waals surface area contributed by atoms with Gasteiger partial charge in [-0.1, -0.05) is 51.1 Å². The molecule has 0 aromatic heterocycles. The van der Waals surface area contributed by atoms with E-state index in [4.69, 9.17) is 0 Å². The molecule has 1 rings (SSSR count). The summed E-state index contributed by atoms with van der Waals surface area (Å²) in [4.78, 5) is 0. The number of hydrogen-bond acceptors (Lipinski definition) is 1. The molecule has 0 aliphatic rings. The van der Waals surface area contributed by atoms with Crippen LogP contribution in [0.1, 0.15) is 52.0 Å². The summed E-state index contributed by atoms with van der Waals surface area (Å²) in [6.45, 7) is 10.2. The van der Waals surface area contributed by atoms with E-state index in [0.29, 0.717) is 11.5 Å². The van der Waals surface area contributed by atoms with Crippen LogP contribution in [-0.2, 0) is 0 Å². The Morgan fingerprint density at radius 1 is 1.12 bits per heavy atom. The molecule has 16 heavy (non-hydrogen) atoms. The van der Waals surface area contributed by atoms with E-state index in [1.165, 1.54) is 18.4 Å². The van der Waals surface area contributed by atoms with Crippen LogP contribution in [-0.4, -0.2) is 12.1 Å². The molecule has 0 spiro atoms. The first-order chi connectivity index (χ1) is 7.61. The summed E-state index contributed by atoms with van der Waals surface area (Å²) < 4.78 is 0. The first-order valence-electron chi connectivity index (χ1n) is 6.41. The van der Waals surface area contributed by atoms with E-state index in [2.05, 4.69) is 63.3 Å². The summed E-state index contributed by atoms with van der Waals surface area (Å²) in [6.07, 6.45) is 2.37. The van der Waals surface area contributed by atoms with Gasteiger partial charge in [-0.2, -0.15) is 0 Å². The highest BCUT2D eigenvalue weighted by Crippen LogP contribution is 2.18. The maximum Gasteiger partial charge on any atom is 0.0148 e. The minimum absolute atomic E-state index is 0.295. The van der Waals surface area contributed by atoms with Crippen molar-refractivity contribution in [3.8, 4) is 0 Å². The van der Waals surface area contributed by atoms with E-state index in [1.54, 1.807) is 0 Å². The zero-order valence-corrected chi connectivity index (χ0v) is 11.1. The van der Waals surface area contributed by atoms with Crippen LogP contribution in [0, 0.1) is 0 Å². The van der Waals surface area contributed by atoms with Gasteiger partial charge in [0.15, 0.2) is 0 Å². The second kappa shape index (κ2) is 6.05. The van der Waals surface area contributed by atoms with Gasteiger partial charge < -0.3 is 5.32 Å². The summed E-state index contributed by atoms with van der Waals surface area (Å²) in [6, 6.07) is 10.7. The van der Waals surface area contributed by atoms with Gasteiger partial charge >= 0.3 is 0 Å². The Balaban J connectivity index is 2.50. The van der Waals surface area contributed by atoms with Gasteiger partial charge in [0.05, 0.1) is 0 Å². The maximum absolute atomic E-state index is 3.69.